The van der Waals surface area contributed by atoms with Crippen LogP contribution < -0.4 is 18.9 Å². The summed E-state index contributed by atoms with van der Waals surface area (Å²) in [5, 5.41) is 24.6. The molecule has 10 nitrogen and oxygen atoms in total. The third kappa shape index (κ3) is 4.14. The van der Waals surface area contributed by atoms with Crippen LogP contribution in [-0.4, -0.2) is 60.3 Å². The summed E-state index contributed by atoms with van der Waals surface area (Å²) in [5.41, 5.74) is 4.70. The van der Waals surface area contributed by atoms with Gasteiger partial charge in [0.25, 0.3) is 0 Å². The number of aromatic hydroxyl groups is 2. The smallest absolute Gasteiger partial charge is 0.211 e. The van der Waals surface area contributed by atoms with E-state index >= 15 is 0 Å². The number of benzene rings is 2. The van der Waals surface area contributed by atoms with E-state index < -0.39 is 23.7 Å². The van der Waals surface area contributed by atoms with Crippen molar-refractivity contribution >= 4 is 0 Å². The zero-order valence-electron chi connectivity index (χ0n) is 29.4. The van der Waals surface area contributed by atoms with E-state index in [1.807, 2.05) is 20.8 Å². The Balaban J connectivity index is 1.16. The summed E-state index contributed by atoms with van der Waals surface area (Å²) >= 11 is 0. The lowest BCUT2D eigenvalue weighted by molar-refractivity contribution is -0.174. The average molecular weight is 677 g/mol. The van der Waals surface area contributed by atoms with Gasteiger partial charge in [0.05, 0.1) is 26.4 Å². The minimum absolute atomic E-state index is 0.0899. The Morgan fingerprint density at radius 1 is 0.612 bits per heavy atom. The fraction of sp³-hybridized carbons (Fsp3) is 0.692. The van der Waals surface area contributed by atoms with Crippen molar-refractivity contribution in [1.82, 2.24) is 0 Å². The summed E-state index contributed by atoms with van der Waals surface area (Å²) in [7, 11) is 0. The van der Waals surface area contributed by atoms with Crippen LogP contribution in [0, 0.1) is 41.4 Å². The van der Waals surface area contributed by atoms with Crippen LogP contribution in [0.5, 0.6) is 34.5 Å². The lowest BCUT2D eigenvalue weighted by Gasteiger charge is -2.44. The monoisotopic (exact) mass is 676 g/mol. The second kappa shape index (κ2) is 10.1. The van der Waals surface area contributed by atoms with Crippen LogP contribution in [0.4, 0.5) is 0 Å². The van der Waals surface area contributed by atoms with Crippen LogP contribution in [0.3, 0.4) is 0 Å². The summed E-state index contributed by atoms with van der Waals surface area (Å²) in [6.07, 6.45) is 3.30. The Labute approximate surface area is 287 Å². The highest BCUT2D eigenvalue weighted by molar-refractivity contribution is 5.69. The van der Waals surface area contributed by atoms with Crippen molar-refractivity contribution in [2.45, 2.75) is 104 Å². The van der Waals surface area contributed by atoms with Crippen LogP contribution in [0.25, 0.3) is 0 Å². The van der Waals surface area contributed by atoms with E-state index in [1.165, 1.54) is 0 Å². The molecule has 0 amide bonds. The zero-order chi connectivity index (χ0) is 33.8. The van der Waals surface area contributed by atoms with Gasteiger partial charge in [0.1, 0.15) is 34.5 Å². The van der Waals surface area contributed by atoms with Crippen LogP contribution in [-0.2, 0) is 51.1 Å². The van der Waals surface area contributed by atoms with Crippen molar-refractivity contribution in [3.63, 3.8) is 0 Å². The van der Waals surface area contributed by atoms with E-state index in [-0.39, 0.29) is 53.4 Å². The summed E-state index contributed by atoms with van der Waals surface area (Å²) in [6, 6.07) is 0. The number of hydrogen-bond acceptors (Lipinski definition) is 10. The molecule has 4 saturated heterocycles. The van der Waals surface area contributed by atoms with Gasteiger partial charge in [-0.25, -0.2) is 0 Å². The lowest BCUT2D eigenvalue weighted by Crippen LogP contribution is -2.47. The first kappa shape index (κ1) is 30.9. The molecule has 0 bridgehead atoms. The number of rotatable bonds is 2. The quantitative estimate of drug-likeness (QED) is 0.406. The Bertz CT molecular complexity index is 1770. The van der Waals surface area contributed by atoms with Crippen LogP contribution in [0.15, 0.2) is 0 Å². The maximum absolute atomic E-state index is 12.4. The van der Waals surface area contributed by atoms with E-state index in [4.69, 9.17) is 37.9 Å². The van der Waals surface area contributed by atoms with Crippen molar-refractivity contribution in [2.24, 2.45) is 41.4 Å². The number of phenols is 2. The van der Waals surface area contributed by atoms with Crippen molar-refractivity contribution < 1.29 is 48.1 Å². The van der Waals surface area contributed by atoms with Crippen LogP contribution in [0.2, 0.25) is 0 Å². The maximum atomic E-state index is 12.4. The van der Waals surface area contributed by atoms with Gasteiger partial charge >= 0.3 is 0 Å². The third-order valence-electron chi connectivity index (χ3n) is 13.8. The molecule has 8 heterocycles. The molecule has 4 fully saturated rings. The zero-order valence-corrected chi connectivity index (χ0v) is 29.4. The Kier molecular flexibility index (Phi) is 6.37. The predicted molar refractivity (Wildman–Crippen MR) is 175 cm³/mol. The Morgan fingerprint density at radius 3 is 1.88 bits per heavy atom. The number of hydrogen-bond donors (Lipinski definition) is 2. The molecule has 0 spiro atoms. The minimum atomic E-state index is -0.850. The first-order valence-electron chi connectivity index (χ1n) is 18.4. The standard InChI is InChI=1S/C39H48O10/c1-17-14-42-36-21(17)10-26-32(46-36)23(30(40)22-9-20-7-8-43-37(20,4)47-33(22)26)11-24-31(41)25-12-28-18(2)15-44-38(28,5)49-35(25)27-13-29-19(3)16-45-39(29,6)48-34(24)27/h17-21,28-29,36,40-41H,7-16H2,1-6H3/t17-,18-,19-,20-,21+,28+,29+,36+,37+,38+,39+/m0/s1. The van der Waals surface area contributed by atoms with Gasteiger partial charge in [0, 0.05) is 84.2 Å². The molecule has 0 aliphatic carbocycles. The summed E-state index contributed by atoms with van der Waals surface area (Å²) in [5.74, 6) is 1.78. The molecule has 264 valence electrons. The van der Waals surface area contributed by atoms with Crippen molar-refractivity contribution in [3.8, 4) is 34.5 Å². The minimum Gasteiger partial charge on any atom is -0.507 e. The summed E-state index contributed by atoms with van der Waals surface area (Å²) < 4.78 is 51.9. The molecule has 0 saturated carbocycles. The largest absolute Gasteiger partial charge is 0.507 e. The van der Waals surface area contributed by atoms with Crippen LogP contribution >= 0.6 is 0 Å². The predicted octanol–water partition coefficient (Wildman–Crippen LogP) is 5.79. The van der Waals surface area contributed by atoms with E-state index in [9.17, 15) is 10.2 Å². The van der Waals surface area contributed by atoms with E-state index in [0.717, 1.165) is 28.7 Å². The molecule has 8 aliphatic heterocycles. The molecule has 2 aromatic carbocycles. The highest BCUT2D eigenvalue weighted by Gasteiger charge is 2.56. The van der Waals surface area contributed by atoms with Crippen molar-refractivity contribution in [1.29, 1.82) is 0 Å². The van der Waals surface area contributed by atoms with Gasteiger partial charge in [-0.15, -0.1) is 0 Å². The van der Waals surface area contributed by atoms with Gasteiger partial charge in [-0.05, 0) is 49.9 Å². The van der Waals surface area contributed by atoms with Gasteiger partial charge in [-0.1, -0.05) is 20.8 Å². The van der Waals surface area contributed by atoms with Gasteiger partial charge in [0.2, 0.25) is 23.7 Å². The Morgan fingerprint density at radius 2 is 1.18 bits per heavy atom. The third-order valence-corrected chi connectivity index (χ3v) is 13.8. The first-order chi connectivity index (χ1) is 23.4. The second-order valence-electron chi connectivity index (χ2n) is 16.8. The summed E-state index contributed by atoms with van der Waals surface area (Å²) in [6.45, 7) is 15.1. The van der Waals surface area contributed by atoms with Gasteiger partial charge in [-0.2, -0.15) is 0 Å². The highest BCUT2D eigenvalue weighted by Crippen LogP contribution is 2.60. The molecular formula is C39H48O10. The molecule has 0 unspecified atom stereocenters. The molecule has 2 N–H and O–H groups in total. The average Bonchev–Trinajstić information content (AvgIpc) is 3.80. The highest BCUT2D eigenvalue weighted by atomic mass is 16.7. The molecule has 10 rings (SSSR count). The van der Waals surface area contributed by atoms with Crippen LogP contribution in [0.1, 0.15) is 81.3 Å². The molecule has 0 aromatic heterocycles. The summed E-state index contributed by atoms with van der Waals surface area (Å²) in [4.78, 5) is 0. The molecule has 2 aromatic rings. The molecule has 10 heteroatoms. The lowest BCUT2D eigenvalue weighted by atomic mass is 9.76. The van der Waals surface area contributed by atoms with Gasteiger partial charge in [-0.3, -0.25) is 0 Å². The molecular weight excluding hydrogens is 628 g/mol. The SMILES string of the molecule is C[C@H]1CO[C@@H]2Oc3c(Cc4c(O)c5c(c6c4O[C@@]4(C)OC[C@H](C)[C@H]4C6)O[C@@]4(C)OC[C@H](C)[C@H]4C5)c(O)c4c(c3C[C@@H]21)O[C@@]1(C)OCC[C@H]1C4. The van der Waals surface area contributed by atoms with Crippen molar-refractivity contribution in [3.05, 3.63) is 33.4 Å². The molecule has 49 heavy (non-hydrogen) atoms. The number of phenolic OH excluding ortho intramolecular Hbond substituents is 2. The first-order valence-corrected chi connectivity index (χ1v) is 18.4. The molecule has 8 aliphatic rings. The van der Waals surface area contributed by atoms with E-state index in [2.05, 4.69) is 20.8 Å². The van der Waals surface area contributed by atoms with Gasteiger partial charge in [0.15, 0.2) is 0 Å². The van der Waals surface area contributed by atoms with E-state index in [1.54, 1.807) is 0 Å². The topological polar surface area (TPSA) is 114 Å². The molecule has 0 radical (unpaired) electrons. The maximum Gasteiger partial charge on any atom is 0.211 e. The fourth-order valence-corrected chi connectivity index (χ4v) is 10.6. The van der Waals surface area contributed by atoms with Gasteiger partial charge < -0.3 is 48.1 Å². The van der Waals surface area contributed by atoms with E-state index in [0.29, 0.717) is 92.2 Å². The number of fused-ring (bicyclic) bond motifs is 10. The molecule has 11 atom stereocenters. The van der Waals surface area contributed by atoms with Crippen molar-refractivity contribution in [2.75, 3.05) is 26.4 Å². The second-order valence-corrected chi connectivity index (χ2v) is 16.8. The normalized spacial score (nSPS) is 42.2. The number of ether oxygens (including phenoxy) is 8. The fourth-order valence-electron chi connectivity index (χ4n) is 10.6. The Hall–Kier alpha value is -2.92.